The smallest absolute Gasteiger partial charge is 0.138 e. The summed E-state index contributed by atoms with van der Waals surface area (Å²) in [5.74, 6) is 1.62. The second-order valence-electron chi connectivity index (χ2n) is 7.03. The summed E-state index contributed by atoms with van der Waals surface area (Å²) in [5, 5.41) is 10.2. The minimum atomic E-state index is -0.604. The van der Waals surface area contributed by atoms with Crippen molar-refractivity contribution in [1.82, 2.24) is 9.55 Å². The zero-order chi connectivity index (χ0) is 19.4. The summed E-state index contributed by atoms with van der Waals surface area (Å²) in [4.78, 5) is 4.65. The molecular formula is C23H28N2O2. The molecule has 0 bridgehead atoms. The van der Waals surface area contributed by atoms with Gasteiger partial charge in [-0.3, -0.25) is 0 Å². The molecule has 0 aliphatic carbocycles. The quantitative estimate of drug-likeness (QED) is 0.457. The third kappa shape index (κ3) is 4.22. The van der Waals surface area contributed by atoms with Crippen molar-refractivity contribution in [2.24, 2.45) is 0 Å². The fraction of sp³-hybridized carbons (Fsp3) is 0.348. The third-order valence-corrected chi connectivity index (χ3v) is 4.89. The number of nitrogens with zero attached hydrogens (tertiary/aromatic N) is 2. The fourth-order valence-corrected chi connectivity index (χ4v) is 3.33. The van der Waals surface area contributed by atoms with Gasteiger partial charge in [-0.05, 0) is 68.5 Å². The van der Waals surface area contributed by atoms with Crippen molar-refractivity contribution < 1.29 is 9.84 Å². The molecule has 1 unspecified atom stereocenters. The van der Waals surface area contributed by atoms with E-state index in [1.807, 2.05) is 24.3 Å². The average Bonchev–Trinajstić information content (AvgIpc) is 2.98. The lowest BCUT2D eigenvalue weighted by Crippen LogP contribution is -2.10. The number of imidazole rings is 1. The van der Waals surface area contributed by atoms with Crippen LogP contribution in [0.25, 0.3) is 11.0 Å². The Hall–Kier alpha value is -2.59. The van der Waals surface area contributed by atoms with E-state index in [0.29, 0.717) is 12.4 Å². The maximum Gasteiger partial charge on any atom is 0.138 e. The van der Waals surface area contributed by atoms with E-state index in [2.05, 4.69) is 48.2 Å². The van der Waals surface area contributed by atoms with Gasteiger partial charge >= 0.3 is 0 Å². The molecule has 0 aliphatic rings. The Labute approximate surface area is 161 Å². The number of allylic oxidation sites excluding steroid dienone is 1. The van der Waals surface area contributed by atoms with E-state index in [4.69, 9.17) is 4.74 Å². The van der Waals surface area contributed by atoms with E-state index in [1.165, 1.54) is 11.1 Å². The number of ether oxygens (including phenoxy) is 1. The second kappa shape index (κ2) is 8.40. The van der Waals surface area contributed by atoms with Gasteiger partial charge in [-0.2, -0.15) is 0 Å². The fourth-order valence-electron chi connectivity index (χ4n) is 3.33. The van der Waals surface area contributed by atoms with Gasteiger partial charge in [-0.25, -0.2) is 4.98 Å². The molecule has 4 nitrogen and oxygen atoms in total. The highest BCUT2D eigenvalue weighted by molar-refractivity contribution is 5.78. The molecule has 0 radical (unpaired) electrons. The number of hydrogen-bond acceptors (Lipinski definition) is 3. The standard InChI is InChI=1S/C23H28N2O2/c1-5-9-19-10-6-7-11-22(19)27-13-8-12-25-21-15-17(3)16(2)14-20(21)24-23(25)18(4)26/h5-7,10-11,14-15,18,26H,1,8-9,12-13H2,2-4H3. The molecule has 0 spiro atoms. The van der Waals surface area contributed by atoms with E-state index in [0.717, 1.165) is 41.7 Å². The van der Waals surface area contributed by atoms with Crippen LogP contribution in [0.1, 0.15) is 42.0 Å². The number of fused-ring (bicyclic) bond motifs is 1. The van der Waals surface area contributed by atoms with Gasteiger partial charge in [0, 0.05) is 6.54 Å². The zero-order valence-electron chi connectivity index (χ0n) is 16.4. The molecule has 3 rings (SSSR count). The maximum atomic E-state index is 10.2. The molecule has 1 atom stereocenters. The van der Waals surface area contributed by atoms with Crippen LogP contribution >= 0.6 is 0 Å². The Morgan fingerprint density at radius 2 is 1.96 bits per heavy atom. The van der Waals surface area contributed by atoms with Gasteiger partial charge in [-0.15, -0.1) is 6.58 Å². The Kier molecular flexibility index (Phi) is 5.97. The monoisotopic (exact) mass is 364 g/mol. The molecule has 1 heterocycles. The lowest BCUT2D eigenvalue weighted by molar-refractivity contribution is 0.183. The van der Waals surface area contributed by atoms with Crippen LogP contribution in [0.2, 0.25) is 0 Å². The molecule has 142 valence electrons. The summed E-state index contributed by atoms with van der Waals surface area (Å²) in [6.45, 7) is 11.1. The van der Waals surface area contributed by atoms with Gasteiger partial charge in [-0.1, -0.05) is 24.3 Å². The van der Waals surface area contributed by atoms with Crippen LogP contribution in [0.15, 0.2) is 49.1 Å². The maximum absolute atomic E-state index is 10.2. The summed E-state index contributed by atoms with van der Waals surface area (Å²) in [7, 11) is 0. The summed E-state index contributed by atoms with van der Waals surface area (Å²) in [6, 6.07) is 12.3. The first-order valence-corrected chi connectivity index (χ1v) is 9.48. The first kappa shape index (κ1) is 19.2. The number of hydrogen-bond donors (Lipinski definition) is 1. The van der Waals surface area contributed by atoms with E-state index < -0.39 is 6.10 Å². The minimum absolute atomic E-state index is 0.604. The van der Waals surface area contributed by atoms with Crippen LogP contribution in [0, 0.1) is 13.8 Å². The minimum Gasteiger partial charge on any atom is -0.493 e. The van der Waals surface area contributed by atoms with Crippen molar-refractivity contribution in [1.29, 1.82) is 0 Å². The van der Waals surface area contributed by atoms with Crippen LogP contribution < -0.4 is 4.74 Å². The van der Waals surface area contributed by atoms with E-state index in [-0.39, 0.29) is 0 Å². The Balaban J connectivity index is 1.74. The molecule has 0 saturated heterocycles. The predicted molar refractivity (Wildman–Crippen MR) is 110 cm³/mol. The van der Waals surface area contributed by atoms with E-state index in [1.54, 1.807) is 6.92 Å². The average molecular weight is 364 g/mol. The normalized spacial score (nSPS) is 12.3. The van der Waals surface area contributed by atoms with Crippen molar-refractivity contribution in [3.63, 3.8) is 0 Å². The Morgan fingerprint density at radius 3 is 2.70 bits per heavy atom. The topological polar surface area (TPSA) is 47.3 Å². The zero-order valence-corrected chi connectivity index (χ0v) is 16.4. The molecular weight excluding hydrogens is 336 g/mol. The highest BCUT2D eigenvalue weighted by Crippen LogP contribution is 2.25. The number of aliphatic hydroxyl groups excluding tert-OH is 1. The van der Waals surface area contributed by atoms with Crippen molar-refractivity contribution in [2.45, 2.75) is 46.3 Å². The molecule has 0 fully saturated rings. The molecule has 3 aromatic rings. The van der Waals surface area contributed by atoms with Gasteiger partial charge in [0.25, 0.3) is 0 Å². The van der Waals surface area contributed by atoms with Crippen molar-refractivity contribution in [3.8, 4) is 5.75 Å². The van der Waals surface area contributed by atoms with E-state index >= 15 is 0 Å². The van der Waals surface area contributed by atoms with Gasteiger partial charge in [0.2, 0.25) is 0 Å². The van der Waals surface area contributed by atoms with Crippen LogP contribution in [-0.4, -0.2) is 21.3 Å². The molecule has 0 aliphatic heterocycles. The number of aliphatic hydroxyl groups is 1. The number of rotatable bonds is 8. The van der Waals surface area contributed by atoms with Crippen molar-refractivity contribution in [3.05, 3.63) is 71.6 Å². The first-order valence-electron chi connectivity index (χ1n) is 9.48. The molecule has 0 saturated carbocycles. The second-order valence-corrected chi connectivity index (χ2v) is 7.03. The Bertz CT molecular complexity index is 941. The van der Waals surface area contributed by atoms with Crippen LogP contribution in [-0.2, 0) is 13.0 Å². The molecule has 1 aromatic heterocycles. The summed E-state index contributed by atoms with van der Waals surface area (Å²) < 4.78 is 8.12. The Morgan fingerprint density at radius 1 is 1.22 bits per heavy atom. The summed E-state index contributed by atoms with van der Waals surface area (Å²) >= 11 is 0. The lowest BCUT2D eigenvalue weighted by Gasteiger charge is -2.13. The van der Waals surface area contributed by atoms with Gasteiger partial charge in [0.15, 0.2) is 0 Å². The predicted octanol–water partition coefficient (Wildman–Crippen LogP) is 4.90. The van der Waals surface area contributed by atoms with Crippen molar-refractivity contribution in [2.75, 3.05) is 6.61 Å². The highest BCUT2D eigenvalue weighted by atomic mass is 16.5. The van der Waals surface area contributed by atoms with Gasteiger partial charge in [0.05, 0.1) is 17.6 Å². The largest absolute Gasteiger partial charge is 0.493 e. The first-order chi connectivity index (χ1) is 13.0. The molecule has 2 aromatic carbocycles. The van der Waals surface area contributed by atoms with Crippen LogP contribution in [0.4, 0.5) is 0 Å². The number of aryl methyl sites for hydroxylation is 3. The number of para-hydroxylation sites is 1. The van der Waals surface area contributed by atoms with E-state index in [9.17, 15) is 5.11 Å². The number of aromatic nitrogens is 2. The molecule has 27 heavy (non-hydrogen) atoms. The van der Waals surface area contributed by atoms with Crippen molar-refractivity contribution >= 4 is 11.0 Å². The van der Waals surface area contributed by atoms with Gasteiger partial charge in [0.1, 0.15) is 17.7 Å². The SMILES string of the molecule is C=CCc1ccccc1OCCCn1c(C(C)O)nc2cc(C)c(C)cc21. The molecule has 1 N–H and O–H groups in total. The molecule has 0 amide bonds. The van der Waals surface area contributed by atoms with Crippen LogP contribution in [0.5, 0.6) is 5.75 Å². The molecule has 4 heteroatoms. The van der Waals surface area contributed by atoms with Gasteiger partial charge < -0.3 is 14.4 Å². The number of benzene rings is 2. The summed E-state index contributed by atoms with van der Waals surface area (Å²) in [5.41, 5.74) is 5.60. The lowest BCUT2D eigenvalue weighted by atomic mass is 10.1. The third-order valence-electron chi connectivity index (χ3n) is 4.89. The summed E-state index contributed by atoms with van der Waals surface area (Å²) in [6.07, 6.45) is 2.92. The van der Waals surface area contributed by atoms with Crippen LogP contribution in [0.3, 0.4) is 0 Å². The highest BCUT2D eigenvalue weighted by Gasteiger charge is 2.15.